The van der Waals surface area contributed by atoms with Gasteiger partial charge < -0.3 is 5.11 Å². The molecule has 0 aliphatic heterocycles. The maximum Gasteiger partial charge on any atom is 0.276 e. The van der Waals surface area contributed by atoms with Gasteiger partial charge in [0.25, 0.3) is 5.69 Å². The summed E-state index contributed by atoms with van der Waals surface area (Å²) >= 11 is 5.61. The average molecular weight is 188 g/mol. The fourth-order valence-electron chi connectivity index (χ4n) is 0.875. The van der Waals surface area contributed by atoms with Crippen molar-refractivity contribution in [2.75, 3.05) is 0 Å². The van der Waals surface area contributed by atoms with Crippen LogP contribution < -0.4 is 0 Å². The van der Waals surface area contributed by atoms with Crippen LogP contribution in [0.3, 0.4) is 0 Å². The van der Waals surface area contributed by atoms with E-state index in [0.29, 0.717) is 0 Å². The lowest BCUT2D eigenvalue weighted by Crippen LogP contribution is -1.95. The molecule has 0 fully saturated rings. The Balaban J connectivity index is 3.27. The van der Waals surface area contributed by atoms with Crippen molar-refractivity contribution in [3.05, 3.63) is 38.9 Å². The van der Waals surface area contributed by atoms with E-state index in [1.165, 1.54) is 18.2 Å². The van der Waals surface area contributed by atoms with Gasteiger partial charge in [-0.1, -0.05) is 17.7 Å². The molecule has 0 spiro atoms. The van der Waals surface area contributed by atoms with E-state index in [2.05, 4.69) is 0 Å². The van der Waals surface area contributed by atoms with Gasteiger partial charge in [0.15, 0.2) is 0 Å². The standard InChI is InChI=1S/C7H6ClNO3/c8-6-2-1-3-7(9(11)12)5(6)4-10/h1-3,10H,4H2. The second kappa shape index (κ2) is 3.51. The molecule has 0 unspecified atom stereocenters. The normalized spacial score (nSPS) is 9.83. The zero-order chi connectivity index (χ0) is 9.14. The summed E-state index contributed by atoms with van der Waals surface area (Å²) in [7, 11) is 0. The van der Waals surface area contributed by atoms with Crippen LogP contribution in [0, 0.1) is 10.1 Å². The van der Waals surface area contributed by atoms with Crippen LogP contribution in [0.1, 0.15) is 5.56 Å². The van der Waals surface area contributed by atoms with Crippen molar-refractivity contribution >= 4 is 17.3 Å². The Morgan fingerprint density at radius 1 is 1.58 bits per heavy atom. The van der Waals surface area contributed by atoms with E-state index in [-0.39, 0.29) is 16.3 Å². The highest BCUT2D eigenvalue weighted by Gasteiger charge is 2.14. The highest BCUT2D eigenvalue weighted by molar-refractivity contribution is 6.31. The van der Waals surface area contributed by atoms with Crippen LogP contribution in [0.25, 0.3) is 0 Å². The van der Waals surface area contributed by atoms with Crippen molar-refractivity contribution < 1.29 is 10.0 Å². The summed E-state index contributed by atoms with van der Waals surface area (Å²) in [4.78, 5) is 9.80. The molecule has 1 rings (SSSR count). The van der Waals surface area contributed by atoms with E-state index in [1.54, 1.807) is 0 Å². The van der Waals surface area contributed by atoms with Gasteiger partial charge in [-0.25, -0.2) is 0 Å². The van der Waals surface area contributed by atoms with E-state index < -0.39 is 11.5 Å². The van der Waals surface area contributed by atoms with Crippen LogP contribution in [0.5, 0.6) is 0 Å². The molecule has 0 aliphatic carbocycles. The van der Waals surface area contributed by atoms with Crippen molar-refractivity contribution in [3.8, 4) is 0 Å². The lowest BCUT2D eigenvalue weighted by atomic mass is 10.2. The second-order valence-corrected chi connectivity index (χ2v) is 2.56. The summed E-state index contributed by atoms with van der Waals surface area (Å²) in [5, 5.41) is 19.3. The van der Waals surface area contributed by atoms with Gasteiger partial charge in [0.1, 0.15) is 0 Å². The quantitative estimate of drug-likeness (QED) is 0.567. The fraction of sp³-hybridized carbons (Fsp3) is 0.143. The van der Waals surface area contributed by atoms with Gasteiger partial charge in [-0.05, 0) is 6.07 Å². The van der Waals surface area contributed by atoms with E-state index in [0.717, 1.165) is 0 Å². The third kappa shape index (κ3) is 1.54. The number of nitrogens with zero attached hydrogens (tertiary/aromatic N) is 1. The van der Waals surface area contributed by atoms with Crippen LogP contribution in [0.15, 0.2) is 18.2 Å². The number of hydrogen-bond donors (Lipinski definition) is 1. The summed E-state index contributed by atoms with van der Waals surface area (Å²) in [6, 6.07) is 4.27. The van der Waals surface area contributed by atoms with Gasteiger partial charge in [0.05, 0.1) is 22.1 Å². The van der Waals surface area contributed by atoms with Crippen LogP contribution in [-0.2, 0) is 6.61 Å². The third-order valence-corrected chi connectivity index (χ3v) is 1.80. The molecule has 0 radical (unpaired) electrons. The Labute approximate surface area is 73.5 Å². The predicted octanol–water partition coefficient (Wildman–Crippen LogP) is 1.74. The largest absolute Gasteiger partial charge is 0.391 e. The van der Waals surface area contributed by atoms with Crippen molar-refractivity contribution in [2.45, 2.75) is 6.61 Å². The average Bonchev–Trinajstić information content (AvgIpc) is 2.03. The van der Waals surface area contributed by atoms with Gasteiger partial charge >= 0.3 is 0 Å². The van der Waals surface area contributed by atoms with Crippen molar-refractivity contribution in [1.29, 1.82) is 0 Å². The highest BCUT2D eigenvalue weighted by Crippen LogP contribution is 2.25. The second-order valence-electron chi connectivity index (χ2n) is 2.15. The summed E-state index contributed by atoms with van der Waals surface area (Å²) < 4.78 is 0. The third-order valence-electron chi connectivity index (χ3n) is 1.45. The summed E-state index contributed by atoms with van der Waals surface area (Å²) in [6.45, 7) is -0.421. The molecule has 1 aromatic rings. The molecular weight excluding hydrogens is 182 g/mol. The number of nitro groups is 1. The van der Waals surface area contributed by atoms with Crippen LogP contribution in [-0.4, -0.2) is 10.0 Å². The monoisotopic (exact) mass is 187 g/mol. The highest BCUT2D eigenvalue weighted by atomic mass is 35.5. The molecule has 1 aromatic carbocycles. The smallest absolute Gasteiger partial charge is 0.276 e. The van der Waals surface area contributed by atoms with Crippen molar-refractivity contribution in [3.63, 3.8) is 0 Å². The SMILES string of the molecule is O=[N+]([O-])c1cccc(Cl)c1CO. The number of hydrogen-bond acceptors (Lipinski definition) is 3. The van der Waals surface area contributed by atoms with Gasteiger partial charge in [0, 0.05) is 6.07 Å². The number of aliphatic hydroxyl groups is 1. The maximum atomic E-state index is 10.4. The molecule has 12 heavy (non-hydrogen) atoms. The van der Waals surface area contributed by atoms with E-state index >= 15 is 0 Å². The Bertz CT molecular complexity index is 314. The van der Waals surface area contributed by atoms with Gasteiger partial charge in [-0.15, -0.1) is 0 Å². The molecule has 0 aliphatic rings. The Hall–Kier alpha value is -1.13. The van der Waals surface area contributed by atoms with E-state index in [9.17, 15) is 10.1 Å². The topological polar surface area (TPSA) is 63.4 Å². The van der Waals surface area contributed by atoms with Gasteiger partial charge in [-0.2, -0.15) is 0 Å². The number of halogens is 1. The molecule has 0 saturated carbocycles. The molecular formula is C7H6ClNO3. The Kier molecular flexibility index (Phi) is 2.62. The number of benzene rings is 1. The van der Waals surface area contributed by atoms with Crippen LogP contribution in [0.2, 0.25) is 5.02 Å². The van der Waals surface area contributed by atoms with E-state index in [1.807, 2.05) is 0 Å². The first-order chi connectivity index (χ1) is 5.66. The van der Waals surface area contributed by atoms with E-state index in [4.69, 9.17) is 16.7 Å². The number of nitro benzene ring substituents is 1. The summed E-state index contributed by atoms with van der Waals surface area (Å²) in [5.41, 5.74) is 0.00849. The molecule has 0 saturated heterocycles. The maximum absolute atomic E-state index is 10.4. The first-order valence-corrected chi connectivity index (χ1v) is 3.57. The summed E-state index contributed by atoms with van der Waals surface area (Å²) in [5.74, 6) is 0. The predicted molar refractivity (Wildman–Crippen MR) is 44.0 cm³/mol. The lowest BCUT2D eigenvalue weighted by molar-refractivity contribution is -0.385. The zero-order valence-corrected chi connectivity index (χ0v) is 6.78. The lowest BCUT2D eigenvalue weighted by Gasteiger charge is -2.00. The molecule has 0 bridgehead atoms. The van der Waals surface area contributed by atoms with Crippen LogP contribution >= 0.6 is 11.6 Å². The fourth-order valence-corrected chi connectivity index (χ4v) is 1.10. The minimum absolute atomic E-state index is 0.148. The Morgan fingerprint density at radius 3 is 2.67 bits per heavy atom. The first-order valence-electron chi connectivity index (χ1n) is 3.19. The Morgan fingerprint density at radius 2 is 2.25 bits per heavy atom. The summed E-state index contributed by atoms with van der Waals surface area (Å²) in [6.07, 6.45) is 0. The van der Waals surface area contributed by atoms with Crippen molar-refractivity contribution in [2.24, 2.45) is 0 Å². The number of aliphatic hydroxyl groups excluding tert-OH is 1. The molecule has 0 aromatic heterocycles. The minimum Gasteiger partial charge on any atom is -0.391 e. The number of rotatable bonds is 2. The van der Waals surface area contributed by atoms with Crippen molar-refractivity contribution in [1.82, 2.24) is 0 Å². The molecule has 0 amide bonds. The first kappa shape index (κ1) is 8.96. The molecule has 1 N–H and O–H groups in total. The molecule has 64 valence electrons. The van der Waals surface area contributed by atoms with Gasteiger partial charge in [-0.3, -0.25) is 10.1 Å². The minimum atomic E-state index is -0.572. The zero-order valence-electron chi connectivity index (χ0n) is 6.03. The molecule has 0 atom stereocenters. The molecule has 4 nitrogen and oxygen atoms in total. The van der Waals surface area contributed by atoms with Gasteiger partial charge in [0.2, 0.25) is 0 Å². The molecule has 0 heterocycles. The molecule has 5 heteroatoms. The van der Waals surface area contributed by atoms with Crippen LogP contribution in [0.4, 0.5) is 5.69 Å².